The summed E-state index contributed by atoms with van der Waals surface area (Å²) in [6.07, 6.45) is 3.35. The number of hydrogen-bond acceptors (Lipinski definition) is 3. The fourth-order valence-corrected chi connectivity index (χ4v) is 3.02. The average Bonchev–Trinajstić information content (AvgIpc) is 3.08. The van der Waals surface area contributed by atoms with Gasteiger partial charge in [0.2, 0.25) is 0 Å². The number of halogens is 2. The molecule has 5 nitrogen and oxygen atoms in total. The van der Waals surface area contributed by atoms with Gasteiger partial charge in [0, 0.05) is 11.3 Å². The minimum absolute atomic E-state index is 0.0508. The summed E-state index contributed by atoms with van der Waals surface area (Å²) in [5, 5.41) is 3.04. The first-order valence-corrected chi connectivity index (χ1v) is 8.35. The van der Waals surface area contributed by atoms with E-state index >= 15 is 0 Å². The fourth-order valence-electron chi connectivity index (χ4n) is 3.02. The second kappa shape index (κ2) is 8.03. The number of guanidine groups is 1. The molecule has 0 fully saturated rings. The second-order valence-electron chi connectivity index (χ2n) is 6.02. The van der Waals surface area contributed by atoms with E-state index in [1.54, 1.807) is 12.1 Å². The predicted octanol–water partition coefficient (Wildman–Crippen LogP) is 3.71. The molecular formula is C19H21F2N3O2. The number of nitrogens with two attached hydrogens (primary N) is 1. The van der Waals surface area contributed by atoms with Crippen molar-refractivity contribution < 1.29 is 18.3 Å². The van der Waals surface area contributed by atoms with Gasteiger partial charge >= 0.3 is 6.61 Å². The zero-order valence-electron chi connectivity index (χ0n) is 14.5. The predicted molar refractivity (Wildman–Crippen MR) is 97.0 cm³/mol. The largest absolute Gasteiger partial charge is 0.497 e. The van der Waals surface area contributed by atoms with E-state index in [4.69, 9.17) is 10.5 Å². The Morgan fingerprint density at radius 2 is 2.00 bits per heavy atom. The molecule has 138 valence electrons. The monoisotopic (exact) mass is 361 g/mol. The van der Waals surface area contributed by atoms with E-state index in [1.165, 1.54) is 30.7 Å². The van der Waals surface area contributed by atoms with Crippen LogP contribution in [0.5, 0.6) is 11.5 Å². The number of nitrogens with one attached hydrogen (secondary N) is 1. The molecule has 2 aromatic rings. The van der Waals surface area contributed by atoms with E-state index in [-0.39, 0.29) is 18.3 Å². The van der Waals surface area contributed by atoms with Crippen LogP contribution in [0.1, 0.15) is 23.1 Å². The summed E-state index contributed by atoms with van der Waals surface area (Å²) >= 11 is 0. The van der Waals surface area contributed by atoms with Crippen molar-refractivity contribution in [2.75, 3.05) is 12.4 Å². The molecule has 7 heteroatoms. The van der Waals surface area contributed by atoms with Gasteiger partial charge in [0.1, 0.15) is 11.5 Å². The van der Waals surface area contributed by atoms with Crippen LogP contribution in [0.25, 0.3) is 0 Å². The van der Waals surface area contributed by atoms with Gasteiger partial charge in [0.25, 0.3) is 0 Å². The molecule has 0 aromatic heterocycles. The highest BCUT2D eigenvalue weighted by molar-refractivity contribution is 5.92. The summed E-state index contributed by atoms with van der Waals surface area (Å²) in [5.41, 5.74) is 9.96. The molecule has 0 heterocycles. The van der Waals surface area contributed by atoms with Crippen LogP contribution in [0.3, 0.4) is 0 Å². The van der Waals surface area contributed by atoms with Gasteiger partial charge in [-0.1, -0.05) is 6.07 Å². The van der Waals surface area contributed by atoms with Crippen LogP contribution in [-0.2, 0) is 19.4 Å². The van der Waals surface area contributed by atoms with Crippen LogP contribution in [0.15, 0.2) is 41.4 Å². The Hall–Kier alpha value is -2.83. The first-order valence-electron chi connectivity index (χ1n) is 8.35. The summed E-state index contributed by atoms with van der Waals surface area (Å²) in [4.78, 5) is 4.23. The van der Waals surface area contributed by atoms with Gasteiger partial charge in [-0.3, -0.25) is 0 Å². The number of hydrogen-bond donors (Lipinski definition) is 2. The molecular weight excluding hydrogens is 340 g/mol. The zero-order valence-corrected chi connectivity index (χ0v) is 14.5. The zero-order chi connectivity index (χ0) is 18.5. The number of fused-ring (bicyclic) bond motifs is 1. The van der Waals surface area contributed by atoms with E-state index < -0.39 is 6.61 Å². The minimum Gasteiger partial charge on any atom is -0.497 e. The number of nitrogens with zero attached hydrogens (tertiary/aromatic N) is 1. The van der Waals surface area contributed by atoms with Crippen LogP contribution in [0.2, 0.25) is 0 Å². The van der Waals surface area contributed by atoms with Crippen molar-refractivity contribution in [2.24, 2.45) is 10.7 Å². The third kappa shape index (κ3) is 4.41. The van der Waals surface area contributed by atoms with Crippen LogP contribution >= 0.6 is 0 Å². The molecule has 3 N–H and O–H groups in total. The third-order valence-corrected chi connectivity index (χ3v) is 4.27. The summed E-state index contributed by atoms with van der Waals surface area (Å²) in [6, 6.07) is 10.7. The van der Waals surface area contributed by atoms with Crippen molar-refractivity contribution in [3.63, 3.8) is 0 Å². The van der Waals surface area contributed by atoms with Crippen LogP contribution < -0.4 is 20.5 Å². The molecule has 1 aliphatic rings. The number of aryl methyl sites for hydroxylation is 2. The lowest BCUT2D eigenvalue weighted by Gasteiger charge is -2.12. The van der Waals surface area contributed by atoms with Crippen molar-refractivity contribution in [3.8, 4) is 11.5 Å². The first kappa shape index (κ1) is 18.0. The summed E-state index contributed by atoms with van der Waals surface area (Å²) < 4.78 is 34.8. The van der Waals surface area contributed by atoms with Crippen molar-refractivity contribution in [1.82, 2.24) is 0 Å². The lowest BCUT2D eigenvalue weighted by atomic mass is 10.1. The van der Waals surface area contributed by atoms with Crippen molar-refractivity contribution in [2.45, 2.75) is 32.4 Å². The SMILES string of the molecule is COc1ccc(OC(F)F)c(CN=C(N)Nc2ccc3c(c2)CCC3)c1. The van der Waals surface area contributed by atoms with Crippen LogP contribution in [0.4, 0.5) is 14.5 Å². The number of methoxy groups -OCH3 is 1. The Morgan fingerprint density at radius 3 is 2.77 bits per heavy atom. The topological polar surface area (TPSA) is 68.9 Å². The summed E-state index contributed by atoms with van der Waals surface area (Å²) in [6.45, 7) is -2.82. The minimum atomic E-state index is -2.91. The maximum atomic E-state index is 12.6. The molecule has 0 aliphatic heterocycles. The highest BCUT2D eigenvalue weighted by Crippen LogP contribution is 2.27. The van der Waals surface area contributed by atoms with E-state index in [9.17, 15) is 8.78 Å². The third-order valence-electron chi connectivity index (χ3n) is 4.27. The maximum absolute atomic E-state index is 12.6. The number of alkyl halides is 2. The quantitative estimate of drug-likeness (QED) is 0.608. The number of benzene rings is 2. The first-order chi connectivity index (χ1) is 12.5. The van der Waals surface area contributed by atoms with Gasteiger partial charge in [0.15, 0.2) is 5.96 Å². The highest BCUT2D eigenvalue weighted by atomic mass is 19.3. The highest BCUT2D eigenvalue weighted by Gasteiger charge is 2.12. The molecule has 0 spiro atoms. The van der Waals surface area contributed by atoms with E-state index in [0.29, 0.717) is 11.3 Å². The van der Waals surface area contributed by atoms with Gasteiger partial charge in [-0.05, 0) is 60.7 Å². The fraction of sp³-hybridized carbons (Fsp3) is 0.316. The Bertz CT molecular complexity index is 809. The van der Waals surface area contributed by atoms with Gasteiger partial charge in [-0.25, -0.2) is 4.99 Å². The molecule has 2 aromatic carbocycles. The molecule has 0 saturated heterocycles. The van der Waals surface area contributed by atoms with E-state index in [2.05, 4.69) is 27.2 Å². The normalized spacial score (nSPS) is 13.6. The molecule has 0 saturated carbocycles. The van der Waals surface area contributed by atoms with Gasteiger partial charge in [0.05, 0.1) is 13.7 Å². The average molecular weight is 361 g/mol. The lowest BCUT2D eigenvalue weighted by Crippen LogP contribution is -2.22. The molecule has 0 radical (unpaired) electrons. The molecule has 3 rings (SSSR count). The molecule has 0 unspecified atom stereocenters. The molecule has 0 bridgehead atoms. The summed E-state index contributed by atoms with van der Waals surface area (Å²) in [7, 11) is 1.50. The van der Waals surface area contributed by atoms with Gasteiger partial charge in [-0.15, -0.1) is 0 Å². The van der Waals surface area contributed by atoms with Crippen molar-refractivity contribution in [3.05, 3.63) is 53.1 Å². The van der Waals surface area contributed by atoms with E-state index in [1.807, 2.05) is 6.07 Å². The smallest absolute Gasteiger partial charge is 0.387 e. The lowest BCUT2D eigenvalue weighted by molar-refractivity contribution is -0.0504. The van der Waals surface area contributed by atoms with Gasteiger partial charge in [-0.2, -0.15) is 8.78 Å². The Kier molecular flexibility index (Phi) is 5.55. The van der Waals surface area contributed by atoms with Crippen molar-refractivity contribution >= 4 is 11.6 Å². The molecule has 26 heavy (non-hydrogen) atoms. The Balaban J connectivity index is 1.71. The van der Waals surface area contributed by atoms with Crippen molar-refractivity contribution in [1.29, 1.82) is 0 Å². The standard InChI is InChI=1S/C19H21F2N3O2/c1-25-16-7-8-17(26-18(20)21)14(10-16)11-23-19(22)24-15-6-5-12-3-2-4-13(12)9-15/h5-10,18H,2-4,11H2,1H3,(H3,22,23,24). The number of anilines is 1. The maximum Gasteiger partial charge on any atom is 0.387 e. The van der Waals surface area contributed by atoms with E-state index in [0.717, 1.165) is 18.5 Å². The molecule has 1 aliphatic carbocycles. The Morgan fingerprint density at radius 1 is 1.19 bits per heavy atom. The van der Waals surface area contributed by atoms with Crippen LogP contribution in [0, 0.1) is 0 Å². The number of aliphatic imine (C=N–C) groups is 1. The van der Waals surface area contributed by atoms with Crippen LogP contribution in [-0.4, -0.2) is 19.7 Å². The molecule has 0 atom stereocenters. The molecule has 0 amide bonds. The van der Waals surface area contributed by atoms with Gasteiger partial charge < -0.3 is 20.5 Å². The Labute approximate surface area is 150 Å². The second-order valence-corrected chi connectivity index (χ2v) is 6.02. The summed E-state index contributed by atoms with van der Waals surface area (Å²) in [5.74, 6) is 0.783. The number of ether oxygens (including phenoxy) is 2. The number of rotatable bonds is 6.